The van der Waals surface area contributed by atoms with Gasteiger partial charge in [-0.2, -0.15) is 0 Å². The Morgan fingerprint density at radius 2 is 1.88 bits per heavy atom. The fraction of sp³-hybridized carbons (Fsp3) is 0.263. The first-order chi connectivity index (χ1) is 12.0. The van der Waals surface area contributed by atoms with Gasteiger partial charge in [-0.1, -0.05) is 41.9 Å². The third-order valence-corrected chi connectivity index (χ3v) is 3.85. The third kappa shape index (κ3) is 5.80. The molecular weight excluding hydrogens is 342 g/mol. The molecule has 1 N–H and O–H groups in total. The van der Waals surface area contributed by atoms with Crippen LogP contribution in [-0.2, 0) is 20.7 Å². The van der Waals surface area contributed by atoms with Crippen molar-refractivity contribution in [2.75, 3.05) is 13.7 Å². The second-order valence-corrected chi connectivity index (χ2v) is 5.93. The van der Waals surface area contributed by atoms with E-state index in [1.807, 2.05) is 37.3 Å². The van der Waals surface area contributed by atoms with Crippen molar-refractivity contribution >= 4 is 23.5 Å². The summed E-state index contributed by atoms with van der Waals surface area (Å²) in [5, 5.41) is 3.28. The number of esters is 1. The van der Waals surface area contributed by atoms with E-state index in [9.17, 15) is 9.59 Å². The van der Waals surface area contributed by atoms with Gasteiger partial charge in [-0.05, 0) is 30.7 Å². The summed E-state index contributed by atoms with van der Waals surface area (Å²) in [6.45, 7) is 1.53. The van der Waals surface area contributed by atoms with Gasteiger partial charge in [-0.15, -0.1) is 0 Å². The summed E-state index contributed by atoms with van der Waals surface area (Å²) < 4.78 is 10.2. The summed E-state index contributed by atoms with van der Waals surface area (Å²) in [6, 6.07) is 14.4. The molecule has 0 fully saturated rings. The summed E-state index contributed by atoms with van der Waals surface area (Å²) >= 11 is 5.93. The van der Waals surface area contributed by atoms with E-state index in [0.29, 0.717) is 16.3 Å². The van der Waals surface area contributed by atoms with Crippen molar-refractivity contribution in [3.8, 4) is 5.75 Å². The lowest BCUT2D eigenvalue weighted by Gasteiger charge is -2.14. The first-order valence-corrected chi connectivity index (χ1v) is 8.19. The second kappa shape index (κ2) is 9.08. The minimum atomic E-state index is -0.525. The molecule has 0 aliphatic rings. The highest BCUT2D eigenvalue weighted by Crippen LogP contribution is 2.23. The Morgan fingerprint density at radius 1 is 1.16 bits per heavy atom. The second-order valence-electron chi connectivity index (χ2n) is 5.49. The SMILES string of the molecule is COc1ccc(Cl)cc1CC(=O)OCC(=O)N[C@H](C)c1ccccc1. The topological polar surface area (TPSA) is 64.6 Å². The molecule has 0 radical (unpaired) electrons. The lowest BCUT2D eigenvalue weighted by molar-refractivity contribution is -0.148. The zero-order valence-corrected chi connectivity index (χ0v) is 14.9. The molecule has 0 aromatic heterocycles. The molecule has 0 aliphatic heterocycles. The van der Waals surface area contributed by atoms with Crippen LogP contribution in [0.3, 0.4) is 0 Å². The van der Waals surface area contributed by atoms with Crippen molar-refractivity contribution in [3.63, 3.8) is 0 Å². The number of hydrogen-bond acceptors (Lipinski definition) is 4. The Labute approximate surface area is 151 Å². The van der Waals surface area contributed by atoms with Gasteiger partial charge in [0.25, 0.3) is 5.91 Å². The molecular formula is C19H20ClNO4. The lowest BCUT2D eigenvalue weighted by Crippen LogP contribution is -2.31. The number of methoxy groups -OCH3 is 1. The molecule has 5 nitrogen and oxygen atoms in total. The first kappa shape index (κ1) is 18.8. The van der Waals surface area contributed by atoms with E-state index >= 15 is 0 Å². The van der Waals surface area contributed by atoms with Crippen LogP contribution >= 0.6 is 11.6 Å². The molecule has 1 atom stereocenters. The number of nitrogens with one attached hydrogen (secondary N) is 1. The van der Waals surface area contributed by atoms with Gasteiger partial charge in [-0.3, -0.25) is 9.59 Å². The monoisotopic (exact) mass is 361 g/mol. The highest BCUT2D eigenvalue weighted by atomic mass is 35.5. The summed E-state index contributed by atoms with van der Waals surface area (Å²) in [4.78, 5) is 23.9. The molecule has 2 aromatic rings. The van der Waals surface area contributed by atoms with Crippen molar-refractivity contribution < 1.29 is 19.1 Å². The molecule has 0 spiro atoms. The van der Waals surface area contributed by atoms with E-state index < -0.39 is 5.97 Å². The predicted molar refractivity (Wildman–Crippen MR) is 95.7 cm³/mol. The molecule has 0 unspecified atom stereocenters. The van der Waals surface area contributed by atoms with E-state index in [0.717, 1.165) is 5.56 Å². The number of carbonyl (C=O) groups excluding carboxylic acids is 2. The third-order valence-electron chi connectivity index (χ3n) is 3.62. The summed E-state index contributed by atoms with van der Waals surface area (Å²) in [7, 11) is 1.51. The smallest absolute Gasteiger partial charge is 0.310 e. The Balaban J connectivity index is 1.83. The minimum absolute atomic E-state index is 0.0226. The van der Waals surface area contributed by atoms with Gasteiger partial charge in [0, 0.05) is 10.6 Å². The molecule has 0 heterocycles. The maximum atomic E-state index is 12.0. The van der Waals surface area contributed by atoms with Gasteiger partial charge in [0.2, 0.25) is 0 Å². The van der Waals surface area contributed by atoms with Crippen molar-refractivity contribution in [2.45, 2.75) is 19.4 Å². The maximum absolute atomic E-state index is 12.0. The Morgan fingerprint density at radius 3 is 2.56 bits per heavy atom. The van der Waals surface area contributed by atoms with Crippen molar-refractivity contribution in [1.82, 2.24) is 5.32 Å². The first-order valence-electron chi connectivity index (χ1n) is 7.82. The zero-order chi connectivity index (χ0) is 18.2. The van der Waals surface area contributed by atoms with Gasteiger partial charge in [0.05, 0.1) is 19.6 Å². The van der Waals surface area contributed by atoms with Crippen LogP contribution in [0.4, 0.5) is 0 Å². The van der Waals surface area contributed by atoms with Crippen molar-refractivity contribution in [2.24, 2.45) is 0 Å². The Hall–Kier alpha value is -2.53. The number of amides is 1. The maximum Gasteiger partial charge on any atom is 0.310 e. The molecule has 0 saturated heterocycles. The van der Waals surface area contributed by atoms with Crippen LogP contribution in [0.15, 0.2) is 48.5 Å². The van der Waals surface area contributed by atoms with Gasteiger partial charge in [0.1, 0.15) is 5.75 Å². The molecule has 1 amide bonds. The van der Waals surface area contributed by atoms with Gasteiger partial charge in [0.15, 0.2) is 6.61 Å². The standard InChI is InChI=1S/C19H20ClNO4/c1-13(14-6-4-3-5-7-14)21-18(22)12-25-19(23)11-15-10-16(20)8-9-17(15)24-2/h3-10,13H,11-12H2,1-2H3,(H,21,22)/t13-/m1/s1. The molecule has 132 valence electrons. The average molecular weight is 362 g/mol. The number of ether oxygens (including phenoxy) is 2. The molecule has 25 heavy (non-hydrogen) atoms. The molecule has 6 heteroatoms. The lowest BCUT2D eigenvalue weighted by atomic mass is 10.1. The number of hydrogen-bond donors (Lipinski definition) is 1. The number of benzene rings is 2. The predicted octanol–water partition coefficient (Wildman–Crippen LogP) is 3.31. The van der Waals surface area contributed by atoms with Gasteiger partial charge >= 0.3 is 5.97 Å². The number of carbonyl (C=O) groups is 2. The van der Waals surface area contributed by atoms with Crippen LogP contribution in [-0.4, -0.2) is 25.6 Å². The van der Waals surface area contributed by atoms with Gasteiger partial charge < -0.3 is 14.8 Å². The van der Waals surface area contributed by atoms with Gasteiger partial charge in [-0.25, -0.2) is 0 Å². The Kier molecular flexibility index (Phi) is 6.83. The van der Waals surface area contributed by atoms with Crippen molar-refractivity contribution in [3.05, 3.63) is 64.7 Å². The van der Waals surface area contributed by atoms with E-state index in [4.69, 9.17) is 21.1 Å². The molecule has 0 saturated carbocycles. The van der Waals surface area contributed by atoms with Crippen LogP contribution in [0.25, 0.3) is 0 Å². The quantitative estimate of drug-likeness (QED) is 0.768. The largest absolute Gasteiger partial charge is 0.496 e. The van der Waals surface area contributed by atoms with Crippen molar-refractivity contribution in [1.29, 1.82) is 0 Å². The molecule has 2 rings (SSSR count). The van der Waals surface area contributed by atoms with Crippen LogP contribution in [0.5, 0.6) is 5.75 Å². The van der Waals surface area contributed by atoms with E-state index in [-0.39, 0.29) is 25.0 Å². The zero-order valence-electron chi connectivity index (χ0n) is 14.1. The summed E-state index contributed by atoms with van der Waals surface area (Å²) in [5.41, 5.74) is 1.59. The molecule has 0 aliphatic carbocycles. The molecule has 0 bridgehead atoms. The fourth-order valence-corrected chi connectivity index (χ4v) is 2.54. The minimum Gasteiger partial charge on any atom is -0.496 e. The number of halogens is 1. The normalized spacial score (nSPS) is 11.5. The van der Waals surface area contributed by atoms with Crippen LogP contribution in [0, 0.1) is 0 Å². The van der Waals surface area contributed by atoms with E-state index in [1.165, 1.54) is 7.11 Å². The highest BCUT2D eigenvalue weighted by Gasteiger charge is 2.14. The van der Waals surface area contributed by atoms with Crippen LogP contribution in [0.1, 0.15) is 24.1 Å². The summed E-state index contributed by atoms with van der Waals surface area (Å²) in [5.74, 6) is -0.339. The van der Waals surface area contributed by atoms with E-state index in [2.05, 4.69) is 5.32 Å². The average Bonchev–Trinajstić information content (AvgIpc) is 2.61. The summed E-state index contributed by atoms with van der Waals surface area (Å²) in [6.07, 6.45) is -0.0226. The molecule has 2 aromatic carbocycles. The highest BCUT2D eigenvalue weighted by molar-refractivity contribution is 6.30. The Bertz CT molecular complexity index is 733. The fourth-order valence-electron chi connectivity index (χ4n) is 2.35. The number of rotatable bonds is 7. The van der Waals surface area contributed by atoms with Crippen LogP contribution < -0.4 is 10.1 Å². The van der Waals surface area contributed by atoms with E-state index in [1.54, 1.807) is 18.2 Å². The van der Waals surface area contributed by atoms with Crippen LogP contribution in [0.2, 0.25) is 5.02 Å².